The van der Waals surface area contributed by atoms with Gasteiger partial charge < -0.3 is 10.1 Å². The molecule has 0 heterocycles. The minimum Gasteiger partial charge on any atom is -0.375 e. The van der Waals surface area contributed by atoms with Crippen LogP contribution in [0.1, 0.15) is 52.9 Å². The predicted octanol–water partition coefficient (Wildman–Crippen LogP) is 3.33. The molecule has 0 bridgehead atoms. The van der Waals surface area contributed by atoms with E-state index in [1.807, 2.05) is 0 Å². The van der Waals surface area contributed by atoms with Crippen molar-refractivity contribution in [2.75, 3.05) is 13.2 Å². The van der Waals surface area contributed by atoms with Crippen molar-refractivity contribution in [2.45, 2.75) is 69.9 Å². The lowest BCUT2D eigenvalue weighted by Gasteiger charge is -2.23. The van der Waals surface area contributed by atoms with Crippen molar-refractivity contribution >= 4 is 11.6 Å². The van der Waals surface area contributed by atoms with Crippen molar-refractivity contribution < 1.29 is 4.74 Å². The second kappa shape index (κ2) is 6.83. The molecule has 1 fully saturated rings. The zero-order valence-electron chi connectivity index (χ0n) is 10.9. The van der Waals surface area contributed by atoms with Gasteiger partial charge in [0.15, 0.2) is 0 Å². The summed E-state index contributed by atoms with van der Waals surface area (Å²) in [5.74, 6) is 0. The highest BCUT2D eigenvalue weighted by Gasteiger charge is 2.21. The van der Waals surface area contributed by atoms with Crippen LogP contribution in [0.25, 0.3) is 0 Å². The van der Waals surface area contributed by atoms with Gasteiger partial charge in [-0.2, -0.15) is 0 Å². The Morgan fingerprint density at radius 3 is 2.56 bits per heavy atom. The van der Waals surface area contributed by atoms with Crippen molar-refractivity contribution in [2.24, 2.45) is 0 Å². The summed E-state index contributed by atoms with van der Waals surface area (Å²) in [5, 5.41) is 3.83. The first-order chi connectivity index (χ1) is 7.49. The largest absolute Gasteiger partial charge is 0.375 e. The summed E-state index contributed by atoms with van der Waals surface area (Å²) in [6.45, 7) is 7.93. The smallest absolute Gasteiger partial charge is 0.0599 e. The predicted molar refractivity (Wildman–Crippen MR) is 70.2 cm³/mol. The molecule has 1 saturated carbocycles. The number of hydrogen-bond donors (Lipinski definition) is 1. The minimum atomic E-state index is -0.0362. The molecular weight excluding hydrogens is 222 g/mol. The molecule has 3 heteroatoms. The molecule has 0 aliphatic heterocycles. The van der Waals surface area contributed by atoms with E-state index in [9.17, 15) is 0 Å². The highest BCUT2D eigenvalue weighted by atomic mass is 35.5. The first-order valence-corrected chi connectivity index (χ1v) is 6.94. The van der Waals surface area contributed by atoms with Crippen molar-refractivity contribution in [1.29, 1.82) is 0 Å². The summed E-state index contributed by atoms with van der Waals surface area (Å²) in [5.41, 5.74) is -0.0362. The average molecular weight is 248 g/mol. The van der Waals surface area contributed by atoms with Crippen LogP contribution in [-0.4, -0.2) is 30.2 Å². The number of hydrogen-bond acceptors (Lipinski definition) is 2. The molecule has 2 unspecified atom stereocenters. The summed E-state index contributed by atoms with van der Waals surface area (Å²) >= 11 is 6.35. The van der Waals surface area contributed by atoms with Gasteiger partial charge in [-0.15, -0.1) is 11.6 Å². The fraction of sp³-hybridized carbons (Fsp3) is 1.00. The molecule has 0 spiro atoms. The highest BCUT2D eigenvalue weighted by Crippen LogP contribution is 2.22. The Hall–Kier alpha value is 0.210. The monoisotopic (exact) mass is 247 g/mol. The summed E-state index contributed by atoms with van der Waals surface area (Å²) in [6.07, 6.45) is 6.29. The molecule has 0 amide bonds. The Labute approximate surface area is 105 Å². The molecule has 0 aromatic rings. The van der Waals surface area contributed by atoms with Crippen LogP contribution < -0.4 is 5.32 Å². The van der Waals surface area contributed by atoms with Crippen LogP contribution in [0.2, 0.25) is 0 Å². The molecule has 1 aliphatic carbocycles. The standard InChI is InChI=1S/C13H26ClNO/c1-13(2,3)16-10-9-15-12-8-6-4-5-7-11(12)14/h11-12,15H,4-10H2,1-3H3. The molecule has 2 nitrogen and oxygen atoms in total. The van der Waals surface area contributed by atoms with E-state index in [2.05, 4.69) is 26.1 Å². The van der Waals surface area contributed by atoms with Gasteiger partial charge >= 0.3 is 0 Å². The average Bonchev–Trinajstić information content (AvgIpc) is 2.37. The molecule has 16 heavy (non-hydrogen) atoms. The maximum atomic E-state index is 6.35. The highest BCUT2D eigenvalue weighted by molar-refractivity contribution is 6.21. The SMILES string of the molecule is CC(C)(C)OCCNC1CCCCCC1Cl. The summed E-state index contributed by atoms with van der Waals surface area (Å²) in [7, 11) is 0. The second-order valence-corrected chi connectivity index (χ2v) is 6.24. The number of halogens is 1. The molecule has 96 valence electrons. The maximum absolute atomic E-state index is 6.35. The topological polar surface area (TPSA) is 21.3 Å². The van der Waals surface area contributed by atoms with E-state index < -0.39 is 0 Å². The van der Waals surface area contributed by atoms with Crippen LogP contribution in [0.5, 0.6) is 0 Å². The molecule has 0 radical (unpaired) electrons. The van der Waals surface area contributed by atoms with Gasteiger partial charge in [-0.3, -0.25) is 0 Å². The van der Waals surface area contributed by atoms with Crippen LogP contribution >= 0.6 is 11.6 Å². The Kier molecular flexibility index (Phi) is 6.09. The van der Waals surface area contributed by atoms with E-state index in [-0.39, 0.29) is 5.60 Å². The van der Waals surface area contributed by atoms with E-state index >= 15 is 0 Å². The molecule has 0 aromatic carbocycles. The third-order valence-electron chi connectivity index (χ3n) is 2.98. The number of nitrogens with one attached hydrogen (secondary N) is 1. The Morgan fingerprint density at radius 2 is 1.88 bits per heavy atom. The Bertz CT molecular complexity index is 191. The van der Waals surface area contributed by atoms with Gasteiger partial charge in [0.05, 0.1) is 12.2 Å². The number of ether oxygens (including phenoxy) is 1. The normalized spacial score (nSPS) is 27.8. The molecule has 1 N–H and O–H groups in total. The van der Waals surface area contributed by atoms with Crippen molar-refractivity contribution in [3.05, 3.63) is 0 Å². The number of alkyl halides is 1. The Balaban J connectivity index is 2.15. The third kappa shape index (κ3) is 6.07. The van der Waals surface area contributed by atoms with Gasteiger partial charge in [0.2, 0.25) is 0 Å². The lowest BCUT2D eigenvalue weighted by atomic mass is 10.1. The van der Waals surface area contributed by atoms with Gasteiger partial charge in [-0.25, -0.2) is 0 Å². The lowest BCUT2D eigenvalue weighted by Crippen LogP contribution is -2.39. The summed E-state index contributed by atoms with van der Waals surface area (Å²) in [6, 6.07) is 0.479. The molecule has 0 saturated heterocycles. The summed E-state index contributed by atoms with van der Waals surface area (Å²) < 4.78 is 5.68. The van der Waals surface area contributed by atoms with Gasteiger partial charge in [-0.1, -0.05) is 19.3 Å². The van der Waals surface area contributed by atoms with E-state index in [1.54, 1.807) is 0 Å². The minimum absolute atomic E-state index is 0.0362. The van der Waals surface area contributed by atoms with Crippen LogP contribution in [0.3, 0.4) is 0 Å². The van der Waals surface area contributed by atoms with Crippen molar-refractivity contribution in [3.8, 4) is 0 Å². The van der Waals surface area contributed by atoms with Gasteiger partial charge in [0.25, 0.3) is 0 Å². The molecular formula is C13H26ClNO. The van der Waals surface area contributed by atoms with E-state index in [0.717, 1.165) is 19.6 Å². The molecule has 1 aliphatic rings. The fourth-order valence-electron chi connectivity index (χ4n) is 2.09. The quantitative estimate of drug-likeness (QED) is 0.468. The third-order valence-corrected chi connectivity index (χ3v) is 3.50. The van der Waals surface area contributed by atoms with E-state index in [1.165, 1.54) is 25.7 Å². The van der Waals surface area contributed by atoms with Gasteiger partial charge in [0.1, 0.15) is 0 Å². The summed E-state index contributed by atoms with van der Waals surface area (Å²) in [4.78, 5) is 0. The Morgan fingerprint density at radius 1 is 1.19 bits per heavy atom. The van der Waals surface area contributed by atoms with Crippen LogP contribution in [0.4, 0.5) is 0 Å². The zero-order chi connectivity index (χ0) is 12.0. The second-order valence-electron chi connectivity index (χ2n) is 5.68. The molecule has 0 aromatic heterocycles. The zero-order valence-corrected chi connectivity index (χ0v) is 11.6. The van der Waals surface area contributed by atoms with Gasteiger partial charge in [0, 0.05) is 18.0 Å². The lowest BCUT2D eigenvalue weighted by molar-refractivity contribution is -0.00171. The van der Waals surface area contributed by atoms with Gasteiger partial charge in [-0.05, 0) is 33.6 Å². The van der Waals surface area contributed by atoms with Crippen molar-refractivity contribution in [3.63, 3.8) is 0 Å². The number of rotatable bonds is 4. The van der Waals surface area contributed by atoms with Crippen LogP contribution in [0, 0.1) is 0 Å². The fourth-order valence-corrected chi connectivity index (χ4v) is 2.46. The first kappa shape index (κ1) is 14.3. The van der Waals surface area contributed by atoms with E-state index in [0.29, 0.717) is 11.4 Å². The van der Waals surface area contributed by atoms with E-state index in [4.69, 9.17) is 16.3 Å². The first-order valence-electron chi connectivity index (χ1n) is 6.50. The van der Waals surface area contributed by atoms with Crippen LogP contribution in [0.15, 0.2) is 0 Å². The maximum Gasteiger partial charge on any atom is 0.0599 e. The van der Waals surface area contributed by atoms with Crippen LogP contribution in [-0.2, 0) is 4.74 Å². The molecule has 2 atom stereocenters. The molecule has 1 rings (SSSR count). The van der Waals surface area contributed by atoms with Crippen molar-refractivity contribution in [1.82, 2.24) is 5.32 Å².